The van der Waals surface area contributed by atoms with Gasteiger partial charge in [0.2, 0.25) is 5.91 Å². The molecule has 0 saturated carbocycles. The van der Waals surface area contributed by atoms with Crippen molar-refractivity contribution in [2.24, 2.45) is 5.73 Å². The lowest BCUT2D eigenvalue weighted by Crippen LogP contribution is -2.39. The van der Waals surface area contributed by atoms with Crippen molar-refractivity contribution in [2.45, 2.75) is 12.5 Å². The zero-order chi connectivity index (χ0) is 7.56. The van der Waals surface area contributed by atoms with E-state index in [2.05, 4.69) is 22.9 Å². The van der Waals surface area contributed by atoms with Gasteiger partial charge in [0.1, 0.15) is 0 Å². The Morgan fingerprint density at radius 1 is 1.90 bits per heavy atom. The maximum Gasteiger partial charge on any atom is 0.222 e. The van der Waals surface area contributed by atoms with E-state index in [1.165, 1.54) is 0 Å². The van der Waals surface area contributed by atoms with Gasteiger partial charge in [-0.15, -0.1) is 0 Å². The summed E-state index contributed by atoms with van der Waals surface area (Å²) in [6, 6.07) is 0.0880. The highest BCUT2D eigenvalue weighted by atomic mass is 32.1. The van der Waals surface area contributed by atoms with Gasteiger partial charge in [-0.2, -0.15) is 0 Å². The van der Waals surface area contributed by atoms with Gasteiger partial charge in [-0.3, -0.25) is 4.79 Å². The largest absolute Gasteiger partial charge is 0.376 e. The Balaban J connectivity index is 2.31. The summed E-state index contributed by atoms with van der Waals surface area (Å²) in [6.07, 6.45) is 0.470. The number of hydrogen-bond donors (Lipinski definition) is 3. The lowest BCUT2D eigenvalue weighted by atomic mass is 10.3. The van der Waals surface area contributed by atoms with Crippen molar-refractivity contribution in [1.29, 1.82) is 0 Å². The lowest BCUT2D eigenvalue weighted by Gasteiger charge is -2.07. The van der Waals surface area contributed by atoms with E-state index in [0.29, 0.717) is 13.0 Å². The minimum absolute atomic E-state index is 0.0498. The molecule has 1 aliphatic heterocycles. The molecule has 0 aromatic carbocycles. The first-order valence-corrected chi connectivity index (χ1v) is 3.42. The van der Waals surface area contributed by atoms with Crippen LogP contribution in [-0.2, 0) is 4.79 Å². The third kappa shape index (κ3) is 1.84. The number of hydrogen-bond acceptors (Lipinski definition) is 2. The van der Waals surface area contributed by atoms with Crippen molar-refractivity contribution >= 4 is 23.2 Å². The van der Waals surface area contributed by atoms with Crippen LogP contribution < -0.4 is 16.4 Å². The third-order valence-electron chi connectivity index (χ3n) is 1.32. The maximum absolute atomic E-state index is 10.6. The van der Waals surface area contributed by atoms with Crippen molar-refractivity contribution in [3.63, 3.8) is 0 Å². The highest BCUT2D eigenvalue weighted by Crippen LogP contribution is 1.97. The third-order valence-corrected chi connectivity index (χ3v) is 1.44. The van der Waals surface area contributed by atoms with E-state index in [-0.39, 0.29) is 17.1 Å². The number of carbonyl (C=O) groups excluding carboxylic acids is 1. The molecule has 0 radical (unpaired) electrons. The molecule has 0 bridgehead atoms. The van der Waals surface area contributed by atoms with Gasteiger partial charge in [-0.25, -0.2) is 0 Å². The van der Waals surface area contributed by atoms with E-state index in [9.17, 15) is 4.79 Å². The minimum Gasteiger partial charge on any atom is -0.376 e. The molecule has 5 heteroatoms. The van der Waals surface area contributed by atoms with E-state index in [4.69, 9.17) is 5.73 Å². The molecule has 1 unspecified atom stereocenters. The Labute approximate surface area is 64.2 Å². The van der Waals surface area contributed by atoms with Crippen LogP contribution in [0.5, 0.6) is 0 Å². The molecule has 1 heterocycles. The molecule has 4 N–H and O–H groups in total. The second-order valence-corrected chi connectivity index (χ2v) is 2.65. The lowest BCUT2D eigenvalue weighted by molar-refractivity contribution is -0.119. The molecule has 0 aromatic rings. The zero-order valence-corrected chi connectivity index (χ0v) is 6.20. The highest BCUT2D eigenvalue weighted by Gasteiger charge is 2.20. The number of nitrogens with one attached hydrogen (secondary N) is 2. The van der Waals surface area contributed by atoms with E-state index < -0.39 is 0 Å². The summed E-state index contributed by atoms with van der Waals surface area (Å²) in [6.45, 7) is 0.621. The summed E-state index contributed by atoms with van der Waals surface area (Å²) >= 11 is 4.60. The number of thiocarbonyl (C=S) groups is 1. The van der Waals surface area contributed by atoms with Crippen LogP contribution in [0, 0.1) is 0 Å². The molecule has 10 heavy (non-hydrogen) atoms. The Kier molecular flexibility index (Phi) is 2.06. The molecule has 1 atom stereocenters. The molecular formula is C5H9N3OS. The smallest absolute Gasteiger partial charge is 0.222 e. The predicted molar refractivity (Wildman–Crippen MR) is 41.3 cm³/mol. The maximum atomic E-state index is 10.6. The fourth-order valence-corrected chi connectivity index (χ4v) is 1.08. The monoisotopic (exact) mass is 159 g/mol. The van der Waals surface area contributed by atoms with Crippen LogP contribution in [0.15, 0.2) is 0 Å². The second-order valence-electron chi connectivity index (χ2n) is 2.21. The van der Waals surface area contributed by atoms with E-state index in [1.807, 2.05) is 0 Å². The van der Waals surface area contributed by atoms with Crippen LogP contribution in [-0.4, -0.2) is 23.6 Å². The Morgan fingerprint density at radius 3 is 3.00 bits per heavy atom. The first-order valence-electron chi connectivity index (χ1n) is 3.01. The first-order chi connectivity index (χ1) is 4.68. The Hall–Kier alpha value is -0.840. The summed E-state index contributed by atoms with van der Waals surface area (Å²) in [7, 11) is 0. The highest BCUT2D eigenvalue weighted by molar-refractivity contribution is 7.80. The summed E-state index contributed by atoms with van der Waals surface area (Å²) in [4.78, 5) is 10.6. The molecule has 0 spiro atoms. The molecule has 1 fully saturated rings. The average molecular weight is 159 g/mol. The molecule has 1 rings (SSSR count). The summed E-state index contributed by atoms with van der Waals surface area (Å²) in [5.41, 5.74) is 5.20. The van der Waals surface area contributed by atoms with Crippen LogP contribution in [0.4, 0.5) is 0 Å². The fraction of sp³-hybridized carbons (Fsp3) is 0.600. The van der Waals surface area contributed by atoms with Gasteiger partial charge in [0.15, 0.2) is 5.11 Å². The first kappa shape index (κ1) is 7.27. The Bertz CT molecular complexity index is 170. The van der Waals surface area contributed by atoms with Gasteiger partial charge in [-0.1, -0.05) is 0 Å². The second kappa shape index (κ2) is 2.83. The van der Waals surface area contributed by atoms with Crippen molar-refractivity contribution in [3.05, 3.63) is 0 Å². The van der Waals surface area contributed by atoms with Crippen molar-refractivity contribution in [1.82, 2.24) is 10.6 Å². The molecule has 1 aliphatic rings. The summed E-state index contributed by atoms with van der Waals surface area (Å²) in [5, 5.41) is 5.71. The zero-order valence-electron chi connectivity index (χ0n) is 5.39. The molecule has 56 valence electrons. The van der Waals surface area contributed by atoms with E-state index in [0.717, 1.165) is 0 Å². The van der Waals surface area contributed by atoms with E-state index >= 15 is 0 Å². The number of rotatable bonds is 1. The van der Waals surface area contributed by atoms with E-state index in [1.54, 1.807) is 0 Å². The molecule has 1 amide bonds. The van der Waals surface area contributed by atoms with Crippen LogP contribution in [0.3, 0.4) is 0 Å². The van der Waals surface area contributed by atoms with Gasteiger partial charge in [0.25, 0.3) is 0 Å². The Morgan fingerprint density at radius 2 is 2.60 bits per heavy atom. The number of nitrogens with two attached hydrogens (primary N) is 1. The topological polar surface area (TPSA) is 67.2 Å². The summed E-state index contributed by atoms with van der Waals surface area (Å²) < 4.78 is 0. The molecular weight excluding hydrogens is 150 g/mol. The average Bonchev–Trinajstić information content (AvgIpc) is 2.13. The molecule has 0 aromatic heterocycles. The standard InChI is InChI=1S/C5H9N3OS/c6-5(10)8-3-1-4(9)7-2-3/h3H,1-2H2,(H,7,9)(H3,6,8,10). The van der Waals surface area contributed by atoms with Crippen molar-refractivity contribution < 1.29 is 4.79 Å². The normalized spacial score (nSPS) is 24.0. The molecule has 0 aliphatic carbocycles. The number of amides is 1. The molecule has 1 saturated heterocycles. The predicted octanol–water partition coefficient (Wildman–Crippen LogP) is -1.29. The van der Waals surface area contributed by atoms with Gasteiger partial charge in [-0.05, 0) is 12.2 Å². The summed E-state index contributed by atoms with van der Waals surface area (Å²) in [5.74, 6) is 0.0498. The minimum atomic E-state index is 0.0498. The van der Waals surface area contributed by atoms with Crippen molar-refractivity contribution in [2.75, 3.05) is 6.54 Å². The quantitative estimate of drug-likeness (QED) is 0.416. The van der Waals surface area contributed by atoms with Gasteiger partial charge in [0.05, 0.1) is 6.04 Å². The van der Waals surface area contributed by atoms with Gasteiger partial charge < -0.3 is 16.4 Å². The van der Waals surface area contributed by atoms with Crippen LogP contribution in [0.1, 0.15) is 6.42 Å². The van der Waals surface area contributed by atoms with Crippen molar-refractivity contribution in [3.8, 4) is 0 Å². The SMILES string of the molecule is NC(=S)NC1CNC(=O)C1. The fourth-order valence-electron chi connectivity index (χ4n) is 0.908. The molecule has 4 nitrogen and oxygen atoms in total. The van der Waals surface area contributed by atoms with Crippen LogP contribution >= 0.6 is 12.2 Å². The number of carbonyl (C=O) groups is 1. The van der Waals surface area contributed by atoms with Gasteiger partial charge in [0, 0.05) is 13.0 Å². The van der Waals surface area contributed by atoms with Crippen LogP contribution in [0.25, 0.3) is 0 Å². The van der Waals surface area contributed by atoms with Gasteiger partial charge >= 0.3 is 0 Å². The van der Waals surface area contributed by atoms with Crippen LogP contribution in [0.2, 0.25) is 0 Å².